The van der Waals surface area contributed by atoms with Crippen LogP contribution in [0, 0.1) is 6.92 Å². The first-order valence-corrected chi connectivity index (χ1v) is 7.48. The zero-order chi connectivity index (χ0) is 14.7. The van der Waals surface area contributed by atoms with E-state index in [4.69, 9.17) is 9.84 Å². The molecule has 106 valence electrons. The van der Waals surface area contributed by atoms with Gasteiger partial charge in [0.2, 0.25) is 0 Å². The second-order valence-corrected chi connectivity index (χ2v) is 6.11. The third kappa shape index (κ3) is 3.41. The molecule has 0 heterocycles. The Labute approximate surface area is 128 Å². The minimum atomic E-state index is 0.0522. The van der Waals surface area contributed by atoms with Crippen molar-refractivity contribution in [3.63, 3.8) is 0 Å². The topological polar surface area (TPSA) is 29.5 Å². The lowest BCUT2D eigenvalue weighted by molar-refractivity contribution is 0.281. The van der Waals surface area contributed by atoms with Crippen LogP contribution in [-0.4, -0.2) is 5.11 Å². The molecule has 0 aliphatic carbocycles. The summed E-state index contributed by atoms with van der Waals surface area (Å²) in [6, 6.07) is 11.8. The maximum atomic E-state index is 9.14. The number of hydrogen-bond donors (Lipinski definition) is 1. The lowest BCUT2D eigenvalue weighted by Gasteiger charge is -2.16. The molecule has 0 fully saturated rings. The summed E-state index contributed by atoms with van der Waals surface area (Å²) < 4.78 is 7.11. The van der Waals surface area contributed by atoms with Gasteiger partial charge in [-0.3, -0.25) is 0 Å². The van der Waals surface area contributed by atoms with Crippen molar-refractivity contribution in [2.45, 2.75) is 33.3 Å². The van der Waals surface area contributed by atoms with Gasteiger partial charge >= 0.3 is 0 Å². The molecule has 0 aliphatic rings. The third-order valence-corrected chi connectivity index (χ3v) is 3.73. The SMILES string of the molecule is Cc1cc(CO)ccc1Oc1ccc(Br)cc1C(C)C. The minimum absolute atomic E-state index is 0.0522. The van der Waals surface area contributed by atoms with E-state index in [-0.39, 0.29) is 6.61 Å². The molecule has 0 bridgehead atoms. The van der Waals surface area contributed by atoms with E-state index in [2.05, 4.69) is 35.8 Å². The van der Waals surface area contributed by atoms with Crippen LogP contribution in [-0.2, 0) is 6.61 Å². The number of benzene rings is 2. The molecular formula is C17H19BrO2. The molecule has 1 N–H and O–H groups in total. The van der Waals surface area contributed by atoms with E-state index in [0.717, 1.165) is 27.1 Å². The van der Waals surface area contributed by atoms with E-state index >= 15 is 0 Å². The Hall–Kier alpha value is -1.32. The minimum Gasteiger partial charge on any atom is -0.457 e. The van der Waals surface area contributed by atoms with Gasteiger partial charge in [-0.15, -0.1) is 0 Å². The zero-order valence-electron chi connectivity index (χ0n) is 12.0. The molecule has 0 saturated carbocycles. The molecule has 2 rings (SSSR count). The van der Waals surface area contributed by atoms with E-state index in [9.17, 15) is 0 Å². The normalized spacial score (nSPS) is 10.9. The van der Waals surface area contributed by atoms with Crippen LogP contribution in [0.3, 0.4) is 0 Å². The molecule has 2 nitrogen and oxygen atoms in total. The summed E-state index contributed by atoms with van der Waals surface area (Å²) in [5.41, 5.74) is 3.09. The Kier molecular flexibility index (Phi) is 4.84. The smallest absolute Gasteiger partial charge is 0.130 e. The second kappa shape index (κ2) is 6.42. The molecule has 0 aliphatic heterocycles. The van der Waals surface area contributed by atoms with Crippen molar-refractivity contribution in [3.8, 4) is 11.5 Å². The van der Waals surface area contributed by atoms with E-state index in [1.165, 1.54) is 5.56 Å². The van der Waals surface area contributed by atoms with Crippen LogP contribution in [0.25, 0.3) is 0 Å². The van der Waals surface area contributed by atoms with Gasteiger partial charge in [0.25, 0.3) is 0 Å². The van der Waals surface area contributed by atoms with Crippen molar-refractivity contribution >= 4 is 15.9 Å². The summed E-state index contributed by atoms with van der Waals surface area (Å²) in [4.78, 5) is 0. The Morgan fingerprint density at radius 3 is 2.40 bits per heavy atom. The van der Waals surface area contributed by atoms with Gasteiger partial charge in [-0.05, 0) is 53.8 Å². The van der Waals surface area contributed by atoms with E-state index < -0.39 is 0 Å². The summed E-state index contributed by atoms with van der Waals surface area (Å²) in [5, 5.41) is 9.14. The van der Waals surface area contributed by atoms with Crippen LogP contribution in [0.15, 0.2) is 40.9 Å². The third-order valence-electron chi connectivity index (χ3n) is 3.24. The lowest BCUT2D eigenvalue weighted by Crippen LogP contribution is -1.96. The quantitative estimate of drug-likeness (QED) is 0.836. The van der Waals surface area contributed by atoms with Crippen molar-refractivity contribution in [3.05, 3.63) is 57.6 Å². The van der Waals surface area contributed by atoms with Crippen molar-refractivity contribution in [1.82, 2.24) is 0 Å². The Morgan fingerprint density at radius 1 is 1.10 bits per heavy atom. The Balaban J connectivity index is 2.35. The summed E-state index contributed by atoms with van der Waals surface area (Å²) in [5.74, 6) is 2.09. The molecule has 0 aromatic heterocycles. The fourth-order valence-electron chi connectivity index (χ4n) is 2.11. The van der Waals surface area contributed by atoms with Gasteiger partial charge < -0.3 is 9.84 Å². The highest BCUT2D eigenvalue weighted by Gasteiger charge is 2.11. The van der Waals surface area contributed by atoms with Crippen molar-refractivity contribution in [1.29, 1.82) is 0 Å². The molecule has 2 aromatic rings. The van der Waals surface area contributed by atoms with Gasteiger partial charge in [-0.1, -0.05) is 41.9 Å². The van der Waals surface area contributed by atoms with Crippen LogP contribution < -0.4 is 4.74 Å². The predicted molar refractivity (Wildman–Crippen MR) is 85.4 cm³/mol. The number of rotatable bonds is 4. The van der Waals surface area contributed by atoms with E-state index in [1.807, 2.05) is 37.3 Å². The highest BCUT2D eigenvalue weighted by molar-refractivity contribution is 9.10. The van der Waals surface area contributed by atoms with Crippen molar-refractivity contribution in [2.75, 3.05) is 0 Å². The first-order valence-electron chi connectivity index (χ1n) is 6.69. The Morgan fingerprint density at radius 2 is 1.80 bits per heavy atom. The van der Waals surface area contributed by atoms with Gasteiger partial charge in [0.15, 0.2) is 0 Å². The first-order chi connectivity index (χ1) is 9.51. The zero-order valence-corrected chi connectivity index (χ0v) is 13.6. The fourth-order valence-corrected chi connectivity index (χ4v) is 2.49. The molecule has 2 aromatic carbocycles. The molecule has 0 spiro atoms. The number of aliphatic hydroxyl groups is 1. The number of aryl methyl sites for hydroxylation is 1. The van der Waals surface area contributed by atoms with Crippen LogP contribution in [0.2, 0.25) is 0 Å². The van der Waals surface area contributed by atoms with Gasteiger partial charge in [0.1, 0.15) is 11.5 Å². The number of ether oxygens (including phenoxy) is 1. The standard InChI is InChI=1S/C17H19BrO2/c1-11(2)15-9-14(18)5-7-17(15)20-16-6-4-13(10-19)8-12(16)3/h4-9,11,19H,10H2,1-3H3. The molecule has 20 heavy (non-hydrogen) atoms. The largest absolute Gasteiger partial charge is 0.457 e. The summed E-state index contributed by atoms with van der Waals surface area (Å²) in [6.45, 7) is 6.34. The maximum absolute atomic E-state index is 9.14. The predicted octanol–water partition coefficient (Wildman–Crippen LogP) is 5.17. The molecule has 0 amide bonds. The average molecular weight is 335 g/mol. The van der Waals surface area contributed by atoms with Crippen LogP contribution in [0.1, 0.15) is 36.5 Å². The molecular weight excluding hydrogens is 316 g/mol. The van der Waals surface area contributed by atoms with Crippen LogP contribution >= 0.6 is 15.9 Å². The maximum Gasteiger partial charge on any atom is 0.130 e. The average Bonchev–Trinajstić information content (AvgIpc) is 2.42. The van der Waals surface area contributed by atoms with Gasteiger partial charge in [0, 0.05) is 4.47 Å². The molecule has 0 unspecified atom stereocenters. The van der Waals surface area contributed by atoms with Crippen LogP contribution in [0.5, 0.6) is 11.5 Å². The first kappa shape index (κ1) is 15.1. The van der Waals surface area contributed by atoms with Gasteiger partial charge in [-0.25, -0.2) is 0 Å². The summed E-state index contributed by atoms with van der Waals surface area (Å²) >= 11 is 3.50. The van der Waals surface area contributed by atoms with Crippen molar-refractivity contribution < 1.29 is 9.84 Å². The van der Waals surface area contributed by atoms with E-state index in [0.29, 0.717) is 5.92 Å². The fraction of sp³-hybridized carbons (Fsp3) is 0.294. The molecule has 0 saturated heterocycles. The monoisotopic (exact) mass is 334 g/mol. The Bertz CT molecular complexity index is 606. The van der Waals surface area contributed by atoms with E-state index in [1.54, 1.807) is 0 Å². The van der Waals surface area contributed by atoms with Gasteiger partial charge in [-0.2, -0.15) is 0 Å². The van der Waals surface area contributed by atoms with Crippen molar-refractivity contribution in [2.24, 2.45) is 0 Å². The van der Waals surface area contributed by atoms with Gasteiger partial charge in [0.05, 0.1) is 6.61 Å². The molecule has 0 atom stereocenters. The number of aliphatic hydroxyl groups excluding tert-OH is 1. The number of hydrogen-bond acceptors (Lipinski definition) is 2. The summed E-state index contributed by atoms with van der Waals surface area (Å²) in [7, 11) is 0. The highest BCUT2D eigenvalue weighted by atomic mass is 79.9. The highest BCUT2D eigenvalue weighted by Crippen LogP contribution is 2.34. The molecule has 3 heteroatoms. The second-order valence-electron chi connectivity index (χ2n) is 5.20. The number of halogens is 1. The lowest BCUT2D eigenvalue weighted by atomic mass is 10.0. The summed E-state index contributed by atoms with van der Waals surface area (Å²) in [6.07, 6.45) is 0. The molecule has 0 radical (unpaired) electrons. The van der Waals surface area contributed by atoms with Crippen LogP contribution in [0.4, 0.5) is 0 Å².